The lowest BCUT2D eigenvalue weighted by Crippen LogP contribution is -2.53. The molecule has 2 aromatic carbocycles. The number of carbonyl (C=O) groups excluding carboxylic acids is 1. The molecule has 7 heteroatoms. The number of hydrogen-bond acceptors (Lipinski definition) is 4. The molecule has 1 aliphatic heterocycles. The number of sulfonamides is 1. The molecule has 3 rings (SSSR count). The second kappa shape index (κ2) is 9.40. The van der Waals surface area contributed by atoms with E-state index < -0.39 is 16.1 Å². The van der Waals surface area contributed by atoms with E-state index in [2.05, 4.69) is 20.8 Å². The second-order valence-electron chi connectivity index (χ2n) is 8.83. The van der Waals surface area contributed by atoms with Gasteiger partial charge in [-0.05, 0) is 41.7 Å². The first-order valence-electron chi connectivity index (χ1n) is 10.7. The summed E-state index contributed by atoms with van der Waals surface area (Å²) in [6.07, 6.45) is -0.0414. The molecule has 0 aromatic heterocycles. The van der Waals surface area contributed by atoms with Gasteiger partial charge in [0.05, 0.1) is 4.90 Å². The Bertz CT molecular complexity index is 974. The van der Waals surface area contributed by atoms with Crippen LogP contribution in [-0.2, 0) is 20.2 Å². The number of ether oxygens (including phenoxy) is 1. The van der Waals surface area contributed by atoms with Crippen LogP contribution >= 0.6 is 0 Å². The predicted molar refractivity (Wildman–Crippen MR) is 122 cm³/mol. The maximum Gasteiger partial charge on any atom is 0.263 e. The van der Waals surface area contributed by atoms with Crippen LogP contribution in [0.3, 0.4) is 0 Å². The Morgan fingerprint density at radius 1 is 0.968 bits per heavy atom. The van der Waals surface area contributed by atoms with Gasteiger partial charge in [0.25, 0.3) is 5.91 Å². The molecule has 0 saturated carbocycles. The van der Waals surface area contributed by atoms with Gasteiger partial charge in [-0.1, -0.05) is 58.0 Å². The molecule has 0 spiro atoms. The minimum Gasteiger partial charge on any atom is -0.481 e. The Labute approximate surface area is 185 Å². The normalized spacial score (nSPS) is 16.7. The van der Waals surface area contributed by atoms with Gasteiger partial charge in [0.2, 0.25) is 10.0 Å². The molecule has 0 radical (unpaired) electrons. The smallest absolute Gasteiger partial charge is 0.263 e. The van der Waals surface area contributed by atoms with Crippen molar-refractivity contribution in [1.82, 2.24) is 9.21 Å². The van der Waals surface area contributed by atoms with E-state index in [1.807, 2.05) is 31.2 Å². The van der Waals surface area contributed by atoms with E-state index in [0.717, 1.165) is 0 Å². The third kappa shape index (κ3) is 5.46. The molecule has 1 atom stereocenters. The van der Waals surface area contributed by atoms with Crippen molar-refractivity contribution in [2.24, 2.45) is 0 Å². The third-order valence-electron chi connectivity index (χ3n) is 5.58. The molecule has 1 aliphatic rings. The van der Waals surface area contributed by atoms with E-state index >= 15 is 0 Å². The van der Waals surface area contributed by atoms with Crippen LogP contribution in [0.1, 0.15) is 39.7 Å². The van der Waals surface area contributed by atoms with Crippen LogP contribution in [-0.4, -0.2) is 55.8 Å². The van der Waals surface area contributed by atoms with Crippen LogP contribution in [0, 0.1) is 0 Å². The van der Waals surface area contributed by atoms with E-state index in [-0.39, 0.29) is 29.3 Å². The standard InChI is InChI=1S/C24H32N2O4S/c1-5-22(30-20-13-11-19(12-14-20)24(2,3)4)23(27)25-15-17-26(18-16-25)31(28,29)21-9-7-6-8-10-21/h6-14,22H,5,15-18H2,1-4H3/t22-/m1/s1. The molecule has 168 valence electrons. The van der Waals surface area contributed by atoms with Gasteiger partial charge >= 0.3 is 0 Å². The molecule has 0 N–H and O–H groups in total. The van der Waals surface area contributed by atoms with Crippen LogP contribution in [0.2, 0.25) is 0 Å². The number of rotatable bonds is 6. The van der Waals surface area contributed by atoms with Crippen LogP contribution in [0.25, 0.3) is 0 Å². The highest BCUT2D eigenvalue weighted by atomic mass is 32.2. The highest BCUT2D eigenvalue weighted by Crippen LogP contribution is 2.25. The van der Waals surface area contributed by atoms with Gasteiger partial charge in [-0.3, -0.25) is 4.79 Å². The summed E-state index contributed by atoms with van der Waals surface area (Å²) in [4.78, 5) is 15.0. The molecule has 0 unspecified atom stereocenters. The second-order valence-corrected chi connectivity index (χ2v) is 10.8. The molecular weight excluding hydrogens is 412 g/mol. The zero-order valence-electron chi connectivity index (χ0n) is 18.7. The van der Waals surface area contributed by atoms with Gasteiger partial charge in [0.1, 0.15) is 5.75 Å². The van der Waals surface area contributed by atoms with E-state index in [1.165, 1.54) is 9.87 Å². The summed E-state index contributed by atoms with van der Waals surface area (Å²) in [5.41, 5.74) is 1.26. The van der Waals surface area contributed by atoms with Gasteiger partial charge in [-0.25, -0.2) is 8.42 Å². The lowest BCUT2D eigenvalue weighted by Gasteiger charge is -2.35. The van der Waals surface area contributed by atoms with Crippen molar-refractivity contribution in [3.8, 4) is 5.75 Å². The molecule has 31 heavy (non-hydrogen) atoms. The van der Waals surface area contributed by atoms with Gasteiger partial charge in [-0.15, -0.1) is 0 Å². The summed E-state index contributed by atoms with van der Waals surface area (Å²) in [7, 11) is -3.54. The quantitative estimate of drug-likeness (QED) is 0.682. The average molecular weight is 445 g/mol. The molecular formula is C24H32N2O4S. The summed E-state index contributed by atoms with van der Waals surface area (Å²) >= 11 is 0. The minimum atomic E-state index is -3.54. The first-order valence-corrected chi connectivity index (χ1v) is 12.2. The van der Waals surface area contributed by atoms with Crippen LogP contribution in [0.15, 0.2) is 59.5 Å². The summed E-state index contributed by atoms with van der Waals surface area (Å²) in [6.45, 7) is 9.64. The highest BCUT2D eigenvalue weighted by molar-refractivity contribution is 7.89. The van der Waals surface area contributed by atoms with Crippen LogP contribution in [0.5, 0.6) is 5.75 Å². The van der Waals surface area contributed by atoms with E-state index in [4.69, 9.17) is 4.74 Å². The van der Waals surface area contributed by atoms with Gasteiger partial charge in [0.15, 0.2) is 6.10 Å². The summed E-state index contributed by atoms with van der Waals surface area (Å²) < 4.78 is 33.0. The number of carbonyl (C=O) groups is 1. The summed E-state index contributed by atoms with van der Waals surface area (Å²) in [6, 6.07) is 16.3. The Balaban J connectivity index is 1.61. The molecule has 0 aliphatic carbocycles. The maximum atomic E-state index is 13.0. The van der Waals surface area contributed by atoms with Gasteiger partial charge in [-0.2, -0.15) is 4.31 Å². The van der Waals surface area contributed by atoms with E-state index in [9.17, 15) is 13.2 Å². The van der Waals surface area contributed by atoms with Crippen molar-refractivity contribution in [3.63, 3.8) is 0 Å². The Hall–Kier alpha value is -2.38. The topological polar surface area (TPSA) is 66.9 Å². The SMILES string of the molecule is CC[C@@H](Oc1ccc(C(C)(C)C)cc1)C(=O)N1CCN(S(=O)(=O)c2ccccc2)CC1. The number of nitrogens with zero attached hydrogens (tertiary/aromatic N) is 2. The molecule has 1 fully saturated rings. The predicted octanol–water partition coefficient (Wildman–Crippen LogP) is 3.67. The average Bonchev–Trinajstić information content (AvgIpc) is 2.77. The number of hydrogen-bond donors (Lipinski definition) is 0. The third-order valence-corrected chi connectivity index (χ3v) is 7.49. The fraction of sp³-hybridized carbons (Fsp3) is 0.458. The maximum absolute atomic E-state index is 13.0. The molecule has 1 heterocycles. The summed E-state index contributed by atoms with van der Waals surface area (Å²) in [5.74, 6) is 0.567. The number of amides is 1. The Kier molecular flexibility index (Phi) is 7.06. The monoisotopic (exact) mass is 444 g/mol. The zero-order chi connectivity index (χ0) is 22.6. The van der Waals surface area contributed by atoms with Gasteiger partial charge in [0, 0.05) is 26.2 Å². The Morgan fingerprint density at radius 3 is 2.06 bits per heavy atom. The van der Waals surface area contributed by atoms with Crippen molar-refractivity contribution in [1.29, 1.82) is 0 Å². The van der Waals surface area contributed by atoms with Crippen LogP contribution in [0.4, 0.5) is 0 Å². The first kappa shape index (κ1) is 23.3. The minimum absolute atomic E-state index is 0.0538. The fourth-order valence-corrected chi connectivity index (χ4v) is 5.04. The lowest BCUT2D eigenvalue weighted by atomic mass is 9.87. The summed E-state index contributed by atoms with van der Waals surface area (Å²) in [5, 5.41) is 0. The fourth-order valence-electron chi connectivity index (χ4n) is 3.60. The van der Waals surface area contributed by atoms with Crippen molar-refractivity contribution in [2.75, 3.05) is 26.2 Å². The van der Waals surface area contributed by atoms with Crippen LogP contribution < -0.4 is 4.74 Å². The molecule has 2 aromatic rings. The van der Waals surface area contributed by atoms with E-state index in [1.54, 1.807) is 35.2 Å². The van der Waals surface area contributed by atoms with E-state index in [0.29, 0.717) is 25.3 Å². The number of benzene rings is 2. The highest BCUT2D eigenvalue weighted by Gasteiger charge is 2.32. The molecule has 6 nitrogen and oxygen atoms in total. The first-order chi connectivity index (χ1) is 14.6. The molecule has 1 saturated heterocycles. The lowest BCUT2D eigenvalue weighted by molar-refractivity contribution is -0.140. The largest absolute Gasteiger partial charge is 0.481 e. The zero-order valence-corrected chi connectivity index (χ0v) is 19.6. The van der Waals surface area contributed by atoms with Crippen molar-refractivity contribution >= 4 is 15.9 Å². The van der Waals surface area contributed by atoms with Crippen molar-refractivity contribution in [2.45, 2.75) is 50.5 Å². The van der Waals surface area contributed by atoms with Crippen molar-refractivity contribution in [3.05, 3.63) is 60.2 Å². The van der Waals surface area contributed by atoms with Crippen molar-refractivity contribution < 1.29 is 17.9 Å². The molecule has 1 amide bonds. The Morgan fingerprint density at radius 2 is 1.55 bits per heavy atom. The van der Waals surface area contributed by atoms with Gasteiger partial charge < -0.3 is 9.64 Å². The number of piperazine rings is 1. The molecule has 0 bridgehead atoms.